The molecule has 0 saturated carbocycles. The molecule has 0 atom stereocenters. The lowest BCUT2D eigenvalue weighted by Gasteiger charge is -2.16. The first-order valence-corrected chi connectivity index (χ1v) is 7.48. The molecule has 0 spiro atoms. The minimum absolute atomic E-state index is 0.0864. The zero-order chi connectivity index (χ0) is 16.0. The van der Waals surface area contributed by atoms with Crippen LogP contribution in [0.4, 0.5) is 13.2 Å². The predicted molar refractivity (Wildman–Crippen MR) is 84.4 cm³/mol. The first-order chi connectivity index (χ1) is 9.49. The predicted octanol–water partition coefficient (Wildman–Crippen LogP) is 5.41. The fourth-order valence-corrected chi connectivity index (χ4v) is 2.98. The molecule has 2 aromatic rings. The van der Waals surface area contributed by atoms with Crippen molar-refractivity contribution in [3.63, 3.8) is 0 Å². The van der Waals surface area contributed by atoms with Gasteiger partial charge in [-0.1, -0.05) is 20.8 Å². The molecule has 0 bridgehead atoms. The summed E-state index contributed by atoms with van der Waals surface area (Å²) in [5, 5.41) is 0.433. The van der Waals surface area contributed by atoms with Gasteiger partial charge in [-0.3, -0.25) is 4.79 Å². The van der Waals surface area contributed by atoms with Crippen LogP contribution < -0.4 is 0 Å². The summed E-state index contributed by atoms with van der Waals surface area (Å²) in [5.41, 5.74) is 0.0560. The third-order valence-electron chi connectivity index (χ3n) is 3.03. The van der Waals surface area contributed by atoms with Crippen molar-refractivity contribution in [2.75, 3.05) is 0 Å². The molecule has 1 aromatic carbocycles. The Labute approximate surface area is 134 Å². The fraction of sp³-hybridized carbons (Fsp3) is 0.400. The van der Waals surface area contributed by atoms with Crippen molar-refractivity contribution in [3.8, 4) is 0 Å². The van der Waals surface area contributed by atoms with Crippen LogP contribution in [0.25, 0.3) is 10.9 Å². The van der Waals surface area contributed by atoms with E-state index < -0.39 is 11.7 Å². The molecule has 2 nitrogen and oxygen atoms in total. The van der Waals surface area contributed by atoms with E-state index in [2.05, 4.69) is 4.98 Å². The highest BCUT2D eigenvalue weighted by atomic mass is 127. The van der Waals surface area contributed by atoms with E-state index in [-0.39, 0.29) is 11.2 Å². The summed E-state index contributed by atoms with van der Waals surface area (Å²) in [6.07, 6.45) is -4.05. The Morgan fingerprint density at radius 1 is 1.24 bits per heavy atom. The number of H-pyrrole nitrogens is 1. The Bertz CT molecular complexity index is 695. The zero-order valence-electron chi connectivity index (χ0n) is 11.9. The second-order valence-electron chi connectivity index (χ2n) is 6.23. The molecule has 2 rings (SSSR count). The number of benzene rings is 1. The van der Waals surface area contributed by atoms with E-state index in [0.717, 1.165) is 12.1 Å². The van der Waals surface area contributed by atoms with E-state index in [4.69, 9.17) is 0 Å². The Balaban J connectivity index is 2.49. The van der Waals surface area contributed by atoms with Gasteiger partial charge in [-0.05, 0) is 46.2 Å². The van der Waals surface area contributed by atoms with Gasteiger partial charge in [0.2, 0.25) is 0 Å². The number of Topliss-reactive ketones (excluding diaryl/α,β-unsaturated/α-hetero) is 1. The molecular formula is C15H15F3INO. The molecule has 1 aromatic heterocycles. The maximum Gasteiger partial charge on any atom is 0.416 e. The molecule has 0 saturated heterocycles. The average molecular weight is 409 g/mol. The number of carbonyl (C=O) groups is 1. The van der Waals surface area contributed by atoms with Gasteiger partial charge in [-0.2, -0.15) is 13.2 Å². The third-order valence-corrected chi connectivity index (χ3v) is 4.15. The van der Waals surface area contributed by atoms with Gasteiger partial charge in [-0.25, -0.2) is 0 Å². The molecular weight excluding hydrogens is 394 g/mol. The lowest BCUT2D eigenvalue weighted by molar-refractivity contribution is -0.137. The van der Waals surface area contributed by atoms with Crippen LogP contribution in [0, 0.1) is 8.99 Å². The van der Waals surface area contributed by atoms with E-state index in [0.29, 0.717) is 26.6 Å². The number of hydrogen-bond acceptors (Lipinski definition) is 1. The van der Waals surface area contributed by atoms with Crippen LogP contribution in [-0.2, 0) is 6.18 Å². The van der Waals surface area contributed by atoms with Crippen LogP contribution in [0.2, 0.25) is 0 Å². The van der Waals surface area contributed by atoms with Crippen molar-refractivity contribution in [2.24, 2.45) is 5.41 Å². The molecule has 0 radical (unpaired) electrons. The second-order valence-corrected chi connectivity index (χ2v) is 7.31. The lowest BCUT2D eigenvalue weighted by Crippen LogP contribution is -2.14. The molecule has 1 heterocycles. The maximum atomic E-state index is 12.8. The summed E-state index contributed by atoms with van der Waals surface area (Å²) in [7, 11) is 0. The molecule has 0 aliphatic rings. The average Bonchev–Trinajstić information content (AvgIpc) is 2.63. The summed E-state index contributed by atoms with van der Waals surface area (Å²) >= 11 is 1.93. The highest BCUT2D eigenvalue weighted by molar-refractivity contribution is 14.1. The summed E-state index contributed by atoms with van der Waals surface area (Å²) in [6, 6.07) is 3.47. The lowest BCUT2D eigenvalue weighted by atomic mass is 9.89. The van der Waals surface area contributed by atoms with Crippen LogP contribution in [-0.4, -0.2) is 10.8 Å². The standard InChI is InChI=1S/C15H15F3INO/c1-14(2,3)7-11(21)13-12(19)9-6-8(15(16,17)18)4-5-10(9)20-13/h4-6,20H,7H2,1-3H3. The number of alkyl halides is 3. The Kier molecular flexibility index (Phi) is 4.12. The van der Waals surface area contributed by atoms with Crippen LogP contribution in [0.15, 0.2) is 18.2 Å². The minimum atomic E-state index is -4.38. The largest absolute Gasteiger partial charge is 0.416 e. The van der Waals surface area contributed by atoms with Crippen molar-refractivity contribution in [1.82, 2.24) is 4.98 Å². The van der Waals surface area contributed by atoms with Crippen molar-refractivity contribution < 1.29 is 18.0 Å². The Morgan fingerprint density at radius 2 is 1.86 bits per heavy atom. The maximum absolute atomic E-state index is 12.8. The van der Waals surface area contributed by atoms with E-state index >= 15 is 0 Å². The number of hydrogen-bond donors (Lipinski definition) is 1. The molecule has 21 heavy (non-hydrogen) atoms. The number of ketones is 1. The van der Waals surface area contributed by atoms with E-state index in [9.17, 15) is 18.0 Å². The fourth-order valence-electron chi connectivity index (χ4n) is 2.10. The molecule has 0 fully saturated rings. The molecule has 114 valence electrons. The number of aromatic amines is 1. The number of fused-ring (bicyclic) bond motifs is 1. The van der Waals surface area contributed by atoms with Crippen molar-refractivity contribution in [1.29, 1.82) is 0 Å². The monoisotopic (exact) mass is 409 g/mol. The van der Waals surface area contributed by atoms with Gasteiger partial charge in [0.15, 0.2) is 5.78 Å². The number of aromatic nitrogens is 1. The molecule has 6 heteroatoms. The van der Waals surface area contributed by atoms with Gasteiger partial charge in [0.05, 0.1) is 11.3 Å². The van der Waals surface area contributed by atoms with Gasteiger partial charge in [0.1, 0.15) is 0 Å². The van der Waals surface area contributed by atoms with Crippen LogP contribution in [0.1, 0.15) is 43.2 Å². The van der Waals surface area contributed by atoms with Gasteiger partial charge in [0, 0.05) is 20.9 Å². The van der Waals surface area contributed by atoms with Crippen molar-refractivity contribution in [3.05, 3.63) is 33.0 Å². The van der Waals surface area contributed by atoms with E-state index in [1.165, 1.54) is 6.07 Å². The first-order valence-electron chi connectivity index (χ1n) is 6.41. The highest BCUT2D eigenvalue weighted by Crippen LogP contribution is 2.34. The summed E-state index contributed by atoms with van der Waals surface area (Å²) < 4.78 is 38.8. The first kappa shape index (κ1) is 16.3. The molecule has 0 unspecified atom stereocenters. The molecule has 0 aliphatic heterocycles. The number of nitrogens with one attached hydrogen (secondary N) is 1. The van der Waals surface area contributed by atoms with Crippen LogP contribution in [0.3, 0.4) is 0 Å². The van der Waals surface area contributed by atoms with Crippen LogP contribution in [0.5, 0.6) is 0 Å². The third kappa shape index (κ3) is 3.59. The zero-order valence-corrected chi connectivity index (χ0v) is 14.0. The van der Waals surface area contributed by atoms with E-state index in [1.54, 1.807) is 0 Å². The van der Waals surface area contributed by atoms with Gasteiger partial charge >= 0.3 is 6.18 Å². The summed E-state index contributed by atoms with van der Waals surface area (Å²) in [6.45, 7) is 5.84. The van der Waals surface area contributed by atoms with Gasteiger partial charge in [-0.15, -0.1) is 0 Å². The number of carbonyl (C=O) groups excluding carboxylic acids is 1. The number of rotatable bonds is 2. The van der Waals surface area contributed by atoms with Gasteiger partial charge in [0.25, 0.3) is 0 Å². The summed E-state index contributed by atoms with van der Waals surface area (Å²) in [5.74, 6) is -0.0864. The number of halogens is 4. The minimum Gasteiger partial charge on any atom is -0.351 e. The van der Waals surface area contributed by atoms with Gasteiger partial charge < -0.3 is 4.98 Å². The quantitative estimate of drug-likeness (QED) is 0.522. The Morgan fingerprint density at radius 3 is 2.38 bits per heavy atom. The van der Waals surface area contributed by atoms with Crippen molar-refractivity contribution >= 4 is 39.3 Å². The molecule has 0 aliphatic carbocycles. The topological polar surface area (TPSA) is 32.9 Å². The molecule has 0 amide bonds. The van der Waals surface area contributed by atoms with Crippen LogP contribution >= 0.6 is 22.6 Å². The van der Waals surface area contributed by atoms with E-state index in [1.807, 2.05) is 43.4 Å². The highest BCUT2D eigenvalue weighted by Gasteiger charge is 2.31. The molecule has 1 N–H and O–H groups in total. The Hall–Kier alpha value is -1.05. The normalized spacial score (nSPS) is 12.9. The van der Waals surface area contributed by atoms with Crippen molar-refractivity contribution in [2.45, 2.75) is 33.4 Å². The SMILES string of the molecule is CC(C)(C)CC(=O)c1[nH]c2ccc(C(F)(F)F)cc2c1I. The summed E-state index contributed by atoms with van der Waals surface area (Å²) in [4.78, 5) is 15.2. The second kappa shape index (κ2) is 5.30. The smallest absolute Gasteiger partial charge is 0.351 e.